The van der Waals surface area contributed by atoms with Gasteiger partial charge >= 0.3 is 0 Å². The van der Waals surface area contributed by atoms with Crippen molar-refractivity contribution < 1.29 is 21.6 Å². The monoisotopic (exact) mass is 479 g/mol. The van der Waals surface area contributed by atoms with Gasteiger partial charge in [0, 0.05) is 25.3 Å². The smallest absolute Gasteiger partial charge is 0.244 e. The van der Waals surface area contributed by atoms with E-state index in [2.05, 4.69) is 5.32 Å². The van der Waals surface area contributed by atoms with Crippen LogP contribution in [0.3, 0.4) is 0 Å². The molecule has 1 atom stereocenters. The van der Waals surface area contributed by atoms with Gasteiger partial charge in [-0.05, 0) is 37.5 Å². The first-order valence-electron chi connectivity index (χ1n) is 10.2. The summed E-state index contributed by atoms with van der Waals surface area (Å²) in [6.07, 6.45) is 2.35. The number of rotatable bonds is 9. The molecule has 8 nitrogen and oxygen atoms in total. The molecule has 1 aromatic carbocycles. The van der Waals surface area contributed by atoms with Crippen LogP contribution in [0.15, 0.2) is 23.1 Å². The van der Waals surface area contributed by atoms with Gasteiger partial charge in [-0.3, -0.25) is 4.79 Å². The number of nitrogens with one attached hydrogen (secondary N) is 1. The van der Waals surface area contributed by atoms with Crippen molar-refractivity contribution in [1.82, 2.24) is 8.61 Å². The molecule has 0 spiro atoms. The van der Waals surface area contributed by atoms with E-state index in [9.17, 15) is 21.6 Å². The number of anilines is 1. The minimum absolute atomic E-state index is 0.00993. The second kappa shape index (κ2) is 10.4. The Balaban J connectivity index is 2.30. The Morgan fingerprint density at radius 1 is 1.17 bits per heavy atom. The number of benzene rings is 1. The fourth-order valence-corrected chi connectivity index (χ4v) is 7.29. The number of carbonyl (C=O) groups excluding carboxylic acids is 1. The lowest BCUT2D eigenvalue weighted by molar-refractivity contribution is -0.120. The maximum atomic E-state index is 12.9. The summed E-state index contributed by atoms with van der Waals surface area (Å²) in [6.45, 7) is 6.13. The molecule has 170 valence electrons. The van der Waals surface area contributed by atoms with Crippen LogP contribution in [0.5, 0.6) is 0 Å². The van der Waals surface area contributed by atoms with Crippen LogP contribution in [0.25, 0.3) is 0 Å². The molecule has 2 rings (SSSR count). The van der Waals surface area contributed by atoms with Crippen LogP contribution in [0, 0.1) is 0 Å². The Morgan fingerprint density at radius 3 is 2.43 bits per heavy atom. The molecule has 30 heavy (non-hydrogen) atoms. The molecule has 0 saturated carbocycles. The first kappa shape index (κ1) is 25.1. The highest BCUT2D eigenvalue weighted by Crippen LogP contribution is 2.29. The maximum Gasteiger partial charge on any atom is 0.244 e. The molecular weight excluding hydrogens is 450 g/mol. The van der Waals surface area contributed by atoms with Gasteiger partial charge in [0.1, 0.15) is 10.9 Å². The molecule has 1 unspecified atom stereocenters. The van der Waals surface area contributed by atoms with Crippen molar-refractivity contribution in [2.24, 2.45) is 0 Å². The molecule has 1 N–H and O–H groups in total. The van der Waals surface area contributed by atoms with Crippen LogP contribution in [0.4, 0.5) is 5.69 Å². The lowest BCUT2D eigenvalue weighted by atomic mass is 10.0. The number of halogens is 1. The number of carbonyl (C=O) groups is 1. The zero-order valence-electron chi connectivity index (χ0n) is 17.6. The molecule has 1 saturated heterocycles. The van der Waals surface area contributed by atoms with E-state index in [1.54, 1.807) is 20.8 Å². The summed E-state index contributed by atoms with van der Waals surface area (Å²) < 4.78 is 53.4. The Bertz CT molecular complexity index is 962. The Kier molecular flexibility index (Phi) is 8.70. The van der Waals surface area contributed by atoms with Crippen molar-refractivity contribution in [2.75, 3.05) is 30.7 Å². The Morgan fingerprint density at radius 2 is 1.83 bits per heavy atom. The molecule has 0 aromatic heterocycles. The third-order valence-corrected chi connectivity index (χ3v) is 9.70. The summed E-state index contributed by atoms with van der Waals surface area (Å²) in [5, 5.41) is 2.74. The predicted octanol–water partition coefficient (Wildman–Crippen LogP) is 2.90. The summed E-state index contributed by atoms with van der Waals surface area (Å²) in [4.78, 5) is 12.8. The van der Waals surface area contributed by atoms with Crippen LogP contribution in [0.1, 0.15) is 46.5 Å². The lowest BCUT2D eigenvalue weighted by Gasteiger charge is -2.33. The SMILES string of the molecule is CCCS(=O)(=O)N1CCCCC1C(=O)Nc1ccc(Cl)c(S(=O)(=O)N(CC)CC)c1. The number of piperidine rings is 1. The first-order chi connectivity index (χ1) is 14.1. The van der Waals surface area contributed by atoms with Crippen molar-refractivity contribution in [1.29, 1.82) is 0 Å². The third-order valence-electron chi connectivity index (χ3n) is 5.10. The molecule has 11 heteroatoms. The molecule has 1 heterocycles. The standard InChI is InChI=1S/C19H30ClN3O5S2/c1-4-13-29(25,26)23-12-8-7-9-17(23)19(24)21-15-10-11-16(20)18(14-15)30(27,28)22(5-2)6-3/h10-11,14,17H,4-9,12-13H2,1-3H3,(H,21,24). The fraction of sp³-hybridized carbons (Fsp3) is 0.632. The van der Waals surface area contributed by atoms with Gasteiger partial charge in [-0.25, -0.2) is 16.8 Å². The largest absolute Gasteiger partial charge is 0.325 e. The third kappa shape index (κ3) is 5.53. The van der Waals surface area contributed by atoms with E-state index in [1.807, 2.05) is 0 Å². The number of nitrogens with zero attached hydrogens (tertiary/aromatic N) is 2. The Hall–Kier alpha value is -1.20. The number of hydrogen-bond donors (Lipinski definition) is 1. The minimum atomic E-state index is -3.81. The van der Waals surface area contributed by atoms with Crippen molar-refractivity contribution in [3.63, 3.8) is 0 Å². The van der Waals surface area contributed by atoms with Gasteiger partial charge < -0.3 is 5.32 Å². The summed E-state index contributed by atoms with van der Waals surface area (Å²) in [6, 6.07) is 3.44. The summed E-state index contributed by atoms with van der Waals surface area (Å²) >= 11 is 6.14. The molecule has 1 amide bonds. The maximum absolute atomic E-state index is 12.9. The van der Waals surface area contributed by atoms with Gasteiger partial charge in [-0.15, -0.1) is 0 Å². The van der Waals surface area contributed by atoms with Crippen molar-refractivity contribution in [2.45, 2.75) is 57.4 Å². The van der Waals surface area contributed by atoms with E-state index in [0.29, 0.717) is 25.8 Å². The van der Waals surface area contributed by atoms with Crippen LogP contribution >= 0.6 is 11.6 Å². The number of hydrogen-bond acceptors (Lipinski definition) is 5. The average Bonchev–Trinajstić information content (AvgIpc) is 2.70. The normalized spacial score (nSPS) is 18.5. The summed E-state index contributed by atoms with van der Waals surface area (Å²) in [7, 11) is -7.34. The second-order valence-corrected chi connectivity index (χ2v) is 11.5. The van der Waals surface area contributed by atoms with Crippen molar-refractivity contribution >= 4 is 43.2 Å². The zero-order valence-corrected chi connectivity index (χ0v) is 20.0. The van der Waals surface area contributed by atoms with Crippen molar-refractivity contribution in [3.05, 3.63) is 23.2 Å². The van der Waals surface area contributed by atoms with Gasteiger partial charge in [0.25, 0.3) is 0 Å². The molecule has 0 bridgehead atoms. The van der Waals surface area contributed by atoms with E-state index >= 15 is 0 Å². The number of amides is 1. The van der Waals surface area contributed by atoms with E-state index in [-0.39, 0.29) is 34.4 Å². The minimum Gasteiger partial charge on any atom is -0.325 e. The quantitative estimate of drug-likeness (QED) is 0.586. The molecule has 1 aliphatic rings. The van der Waals surface area contributed by atoms with Gasteiger partial charge in [0.05, 0.1) is 10.8 Å². The predicted molar refractivity (Wildman–Crippen MR) is 119 cm³/mol. The van der Waals surface area contributed by atoms with Crippen LogP contribution < -0.4 is 5.32 Å². The van der Waals surface area contributed by atoms with Gasteiger partial charge in [0.2, 0.25) is 26.0 Å². The fourth-order valence-electron chi connectivity index (χ4n) is 3.58. The highest BCUT2D eigenvalue weighted by atomic mass is 35.5. The average molecular weight is 480 g/mol. The van der Waals surface area contributed by atoms with E-state index in [4.69, 9.17) is 11.6 Å². The topological polar surface area (TPSA) is 104 Å². The van der Waals surface area contributed by atoms with Crippen LogP contribution in [-0.2, 0) is 24.8 Å². The highest BCUT2D eigenvalue weighted by Gasteiger charge is 2.36. The van der Waals surface area contributed by atoms with E-state index in [0.717, 1.165) is 6.42 Å². The molecular formula is C19H30ClN3O5S2. The lowest BCUT2D eigenvalue weighted by Crippen LogP contribution is -2.50. The van der Waals surface area contributed by atoms with Crippen LogP contribution in [-0.4, -0.2) is 62.8 Å². The molecule has 0 radical (unpaired) electrons. The van der Waals surface area contributed by atoms with Gasteiger partial charge in [0.15, 0.2) is 0 Å². The highest BCUT2D eigenvalue weighted by molar-refractivity contribution is 7.89. The summed E-state index contributed by atoms with van der Waals surface area (Å²) in [5.74, 6) is -0.479. The first-order valence-corrected chi connectivity index (χ1v) is 13.6. The molecule has 1 fully saturated rings. The van der Waals surface area contributed by atoms with E-state index in [1.165, 1.54) is 26.8 Å². The van der Waals surface area contributed by atoms with E-state index < -0.39 is 32.0 Å². The zero-order chi connectivity index (χ0) is 22.5. The molecule has 1 aliphatic heterocycles. The molecule has 0 aliphatic carbocycles. The number of sulfonamides is 2. The van der Waals surface area contributed by atoms with Gasteiger partial charge in [-0.2, -0.15) is 8.61 Å². The second-order valence-electron chi connectivity index (χ2n) is 7.16. The Labute approximate surface area is 184 Å². The van der Waals surface area contributed by atoms with Gasteiger partial charge in [-0.1, -0.05) is 38.8 Å². The van der Waals surface area contributed by atoms with Crippen molar-refractivity contribution in [3.8, 4) is 0 Å². The van der Waals surface area contributed by atoms with Crippen LogP contribution in [0.2, 0.25) is 5.02 Å². The summed E-state index contributed by atoms with van der Waals surface area (Å²) in [5.41, 5.74) is 0.258. The molecule has 1 aromatic rings.